The summed E-state index contributed by atoms with van der Waals surface area (Å²) >= 11 is 9.54. The van der Waals surface area contributed by atoms with Crippen molar-refractivity contribution in [1.29, 1.82) is 0 Å². The van der Waals surface area contributed by atoms with Gasteiger partial charge in [-0.05, 0) is 54.8 Å². The molecule has 0 aliphatic carbocycles. The molecule has 0 fully saturated rings. The van der Waals surface area contributed by atoms with Crippen molar-refractivity contribution in [3.8, 4) is 0 Å². The van der Waals surface area contributed by atoms with Crippen LogP contribution in [0.5, 0.6) is 0 Å². The van der Waals surface area contributed by atoms with E-state index in [9.17, 15) is 13.2 Å². The molecule has 2 atom stereocenters. The third-order valence-electron chi connectivity index (χ3n) is 4.63. The van der Waals surface area contributed by atoms with Gasteiger partial charge in [0.1, 0.15) is 0 Å². The van der Waals surface area contributed by atoms with E-state index in [2.05, 4.69) is 15.9 Å². The Morgan fingerprint density at radius 2 is 1.73 bits per heavy atom. The Hall–Kier alpha value is -1.04. The second-order valence-corrected chi connectivity index (χ2v) is 7.50. The van der Waals surface area contributed by atoms with Gasteiger partial charge in [0.05, 0.1) is 10.6 Å². The Morgan fingerprint density at radius 3 is 2.31 bits per heavy atom. The molecule has 0 spiro atoms. The van der Waals surface area contributed by atoms with Gasteiger partial charge >= 0.3 is 6.18 Å². The molecule has 142 valence electrons. The van der Waals surface area contributed by atoms with Gasteiger partial charge in [0.2, 0.25) is 0 Å². The highest BCUT2D eigenvalue weighted by Gasteiger charge is 2.34. The van der Waals surface area contributed by atoms with Crippen LogP contribution >= 0.6 is 27.5 Å². The normalized spacial score (nSPS) is 14.2. The summed E-state index contributed by atoms with van der Waals surface area (Å²) in [5.74, 6) is 0.182. The quantitative estimate of drug-likeness (QED) is 0.462. The molecule has 1 nitrogen and oxygen atoms in total. The monoisotopic (exact) mass is 447 g/mol. The van der Waals surface area contributed by atoms with E-state index in [4.69, 9.17) is 17.3 Å². The molecule has 0 heterocycles. The third kappa shape index (κ3) is 5.48. The largest absolute Gasteiger partial charge is 0.417 e. The summed E-state index contributed by atoms with van der Waals surface area (Å²) in [6, 6.07) is 14.0. The summed E-state index contributed by atoms with van der Waals surface area (Å²) in [5, 5.41) is 0.638. The fourth-order valence-corrected chi connectivity index (χ4v) is 3.96. The lowest BCUT2D eigenvalue weighted by atomic mass is 9.79. The lowest BCUT2D eigenvalue weighted by molar-refractivity contribution is -0.137. The van der Waals surface area contributed by atoms with Crippen molar-refractivity contribution in [3.63, 3.8) is 0 Å². The molecular formula is C20H22BrClF3N. The maximum atomic E-state index is 13.1. The zero-order valence-corrected chi connectivity index (χ0v) is 16.6. The molecular weight excluding hydrogens is 427 g/mol. The fraction of sp³-hybridized carbons (Fsp3) is 0.400. The molecule has 1 unspecified atom stereocenters. The molecule has 0 bridgehead atoms. The van der Waals surface area contributed by atoms with E-state index >= 15 is 0 Å². The fourth-order valence-electron chi connectivity index (χ4n) is 3.32. The van der Waals surface area contributed by atoms with Crippen LogP contribution in [0.25, 0.3) is 0 Å². The molecule has 0 amide bonds. The van der Waals surface area contributed by atoms with Gasteiger partial charge in [-0.25, -0.2) is 0 Å². The average molecular weight is 449 g/mol. The summed E-state index contributed by atoms with van der Waals surface area (Å²) in [4.78, 5) is 0. The first-order valence-electron chi connectivity index (χ1n) is 8.54. The molecule has 6 heteroatoms. The molecule has 2 rings (SSSR count). The van der Waals surface area contributed by atoms with Crippen LogP contribution in [0.3, 0.4) is 0 Å². The lowest BCUT2D eigenvalue weighted by Gasteiger charge is -2.27. The highest BCUT2D eigenvalue weighted by molar-refractivity contribution is 9.09. The van der Waals surface area contributed by atoms with E-state index in [-0.39, 0.29) is 16.9 Å². The predicted octanol–water partition coefficient (Wildman–Crippen LogP) is 6.44. The second kappa shape index (κ2) is 9.77. The van der Waals surface area contributed by atoms with Crippen LogP contribution < -0.4 is 5.73 Å². The van der Waals surface area contributed by atoms with Crippen LogP contribution in [0.2, 0.25) is 5.02 Å². The Morgan fingerprint density at radius 1 is 1.04 bits per heavy atom. The Balaban J connectivity index is 2.34. The number of rotatable bonds is 8. The summed E-state index contributed by atoms with van der Waals surface area (Å²) in [6.07, 6.45) is -2.21. The third-order valence-corrected chi connectivity index (χ3v) is 5.63. The number of benzene rings is 2. The van der Waals surface area contributed by atoms with Crippen molar-refractivity contribution in [2.45, 2.75) is 31.4 Å². The molecule has 0 radical (unpaired) electrons. The van der Waals surface area contributed by atoms with Gasteiger partial charge in [0.15, 0.2) is 0 Å². The number of nitrogens with two attached hydrogens (primary N) is 1. The van der Waals surface area contributed by atoms with E-state index in [0.717, 1.165) is 29.8 Å². The van der Waals surface area contributed by atoms with Gasteiger partial charge < -0.3 is 5.73 Å². The van der Waals surface area contributed by atoms with Crippen LogP contribution in [0, 0.1) is 5.92 Å². The van der Waals surface area contributed by atoms with E-state index in [1.807, 2.05) is 30.3 Å². The van der Waals surface area contributed by atoms with E-state index in [1.54, 1.807) is 6.07 Å². The van der Waals surface area contributed by atoms with E-state index in [1.165, 1.54) is 6.07 Å². The first-order chi connectivity index (χ1) is 12.4. The topological polar surface area (TPSA) is 26.0 Å². The SMILES string of the molecule is NC[C@H](c1ccccc1)C(CCCBr)Cc1cccc(C(F)(F)F)c1Cl. The van der Waals surface area contributed by atoms with Gasteiger partial charge in [-0.3, -0.25) is 0 Å². The van der Waals surface area contributed by atoms with Gasteiger partial charge in [-0.1, -0.05) is 70.0 Å². The number of alkyl halides is 4. The summed E-state index contributed by atoms with van der Waals surface area (Å²) in [5.41, 5.74) is 6.90. The molecule has 0 saturated carbocycles. The highest BCUT2D eigenvalue weighted by atomic mass is 79.9. The first kappa shape index (κ1) is 21.3. The van der Waals surface area contributed by atoms with Crippen LogP contribution in [-0.2, 0) is 12.6 Å². The molecule has 0 aromatic heterocycles. The van der Waals surface area contributed by atoms with Crippen molar-refractivity contribution in [1.82, 2.24) is 0 Å². The molecule has 2 N–H and O–H groups in total. The van der Waals surface area contributed by atoms with Crippen LogP contribution in [-0.4, -0.2) is 11.9 Å². The zero-order valence-electron chi connectivity index (χ0n) is 14.3. The van der Waals surface area contributed by atoms with Gasteiger partial charge in [0, 0.05) is 5.33 Å². The van der Waals surface area contributed by atoms with Crippen LogP contribution in [0.4, 0.5) is 13.2 Å². The van der Waals surface area contributed by atoms with Gasteiger partial charge in [-0.2, -0.15) is 13.2 Å². The maximum Gasteiger partial charge on any atom is 0.417 e. The van der Waals surface area contributed by atoms with E-state index in [0.29, 0.717) is 18.5 Å². The van der Waals surface area contributed by atoms with Gasteiger partial charge in [-0.15, -0.1) is 0 Å². The molecule has 0 saturated heterocycles. The Bertz CT molecular complexity index is 691. The maximum absolute atomic E-state index is 13.1. The lowest BCUT2D eigenvalue weighted by Crippen LogP contribution is -2.24. The highest BCUT2D eigenvalue weighted by Crippen LogP contribution is 2.38. The minimum Gasteiger partial charge on any atom is -0.330 e. The number of halogens is 5. The minimum atomic E-state index is -4.45. The molecule has 2 aromatic carbocycles. The summed E-state index contributed by atoms with van der Waals surface area (Å²) in [6.45, 7) is 0.438. The van der Waals surface area contributed by atoms with Crippen LogP contribution in [0.15, 0.2) is 48.5 Å². The van der Waals surface area contributed by atoms with Crippen molar-refractivity contribution in [3.05, 3.63) is 70.2 Å². The number of hydrogen-bond donors (Lipinski definition) is 1. The van der Waals surface area contributed by atoms with Crippen molar-refractivity contribution < 1.29 is 13.2 Å². The zero-order chi connectivity index (χ0) is 19.2. The minimum absolute atomic E-state index is 0.0702. The smallest absolute Gasteiger partial charge is 0.330 e. The predicted molar refractivity (Wildman–Crippen MR) is 105 cm³/mol. The Labute approximate surface area is 165 Å². The standard InChI is InChI=1S/C20H22BrClF3N/c21-11-5-9-15(17(13-26)14-6-2-1-3-7-14)12-16-8-4-10-18(19(16)22)20(23,24)25/h1-4,6-8,10,15,17H,5,9,11-13,26H2/t15?,17-/m1/s1. The summed E-state index contributed by atoms with van der Waals surface area (Å²) < 4.78 is 39.4. The first-order valence-corrected chi connectivity index (χ1v) is 10.0. The molecule has 26 heavy (non-hydrogen) atoms. The van der Waals surface area contributed by atoms with Crippen LogP contribution in [0.1, 0.15) is 35.4 Å². The Kier molecular flexibility index (Phi) is 7.99. The van der Waals surface area contributed by atoms with Gasteiger partial charge in [0.25, 0.3) is 0 Å². The second-order valence-electron chi connectivity index (χ2n) is 6.32. The average Bonchev–Trinajstić information content (AvgIpc) is 2.61. The molecule has 0 aliphatic rings. The van der Waals surface area contributed by atoms with Crippen molar-refractivity contribution in [2.75, 3.05) is 11.9 Å². The van der Waals surface area contributed by atoms with E-state index < -0.39 is 11.7 Å². The summed E-state index contributed by atoms with van der Waals surface area (Å²) in [7, 11) is 0. The molecule has 2 aromatic rings. The van der Waals surface area contributed by atoms with Crippen molar-refractivity contribution in [2.24, 2.45) is 11.7 Å². The number of hydrogen-bond acceptors (Lipinski definition) is 1. The molecule has 0 aliphatic heterocycles. The van der Waals surface area contributed by atoms with Crippen molar-refractivity contribution >= 4 is 27.5 Å².